The van der Waals surface area contributed by atoms with Crippen molar-refractivity contribution in [1.82, 2.24) is 4.90 Å². The number of rotatable bonds is 2. The summed E-state index contributed by atoms with van der Waals surface area (Å²) in [6.45, 7) is 0.881. The number of fused-ring (bicyclic) bond motifs is 1. The zero-order valence-electron chi connectivity index (χ0n) is 9.74. The minimum Gasteiger partial charge on any atom is -0.480 e. The molecule has 2 rings (SSSR count). The number of carboxylic acid groups (broad SMARTS) is 1. The average Bonchev–Trinajstić information content (AvgIpc) is 2.58. The Labute approximate surface area is 99.8 Å². The first-order valence-corrected chi connectivity index (χ1v) is 7.38. The molecular weight excluding hydrogens is 245 g/mol. The van der Waals surface area contributed by atoms with Gasteiger partial charge in [-0.2, -0.15) is 0 Å². The SMILES string of the molecule is CN1CCC2CCC(C(=O)O)(P(=O)(O)O)CC21. The van der Waals surface area contributed by atoms with Gasteiger partial charge in [-0.25, -0.2) is 0 Å². The molecule has 0 amide bonds. The number of hydrogen-bond donors (Lipinski definition) is 3. The van der Waals surface area contributed by atoms with Crippen LogP contribution >= 0.6 is 7.60 Å². The van der Waals surface area contributed by atoms with Crippen LogP contribution in [0.2, 0.25) is 0 Å². The minimum atomic E-state index is -4.63. The van der Waals surface area contributed by atoms with Gasteiger partial charge >= 0.3 is 13.6 Å². The summed E-state index contributed by atoms with van der Waals surface area (Å²) < 4.78 is 11.5. The number of likely N-dealkylation sites (tertiary alicyclic amines) is 1. The Morgan fingerprint density at radius 3 is 2.59 bits per heavy atom. The van der Waals surface area contributed by atoms with E-state index in [0.29, 0.717) is 12.3 Å². The maximum Gasteiger partial charge on any atom is 0.342 e. The van der Waals surface area contributed by atoms with E-state index in [2.05, 4.69) is 0 Å². The van der Waals surface area contributed by atoms with Gasteiger partial charge in [0.25, 0.3) is 0 Å². The Bertz CT molecular complexity index is 381. The van der Waals surface area contributed by atoms with Crippen molar-refractivity contribution in [3.63, 3.8) is 0 Å². The third kappa shape index (κ3) is 1.93. The van der Waals surface area contributed by atoms with Crippen molar-refractivity contribution in [2.75, 3.05) is 13.6 Å². The van der Waals surface area contributed by atoms with E-state index >= 15 is 0 Å². The Morgan fingerprint density at radius 2 is 2.06 bits per heavy atom. The van der Waals surface area contributed by atoms with Crippen molar-refractivity contribution in [1.29, 1.82) is 0 Å². The maximum atomic E-state index is 11.5. The molecule has 3 N–H and O–H groups in total. The fourth-order valence-corrected chi connectivity index (χ4v) is 4.30. The van der Waals surface area contributed by atoms with Gasteiger partial charge < -0.3 is 19.8 Å². The first-order chi connectivity index (χ1) is 7.78. The summed E-state index contributed by atoms with van der Waals surface area (Å²) in [5.41, 5.74) is 0. The van der Waals surface area contributed by atoms with E-state index < -0.39 is 18.7 Å². The molecule has 6 nitrogen and oxygen atoms in total. The van der Waals surface area contributed by atoms with Crippen LogP contribution in [0.5, 0.6) is 0 Å². The molecule has 1 aliphatic carbocycles. The van der Waals surface area contributed by atoms with Crippen LogP contribution in [0.1, 0.15) is 25.7 Å². The molecule has 0 aromatic carbocycles. The summed E-state index contributed by atoms with van der Waals surface area (Å²) in [4.78, 5) is 32.1. The fraction of sp³-hybridized carbons (Fsp3) is 0.900. The molecule has 7 heteroatoms. The molecule has 0 aromatic heterocycles. The smallest absolute Gasteiger partial charge is 0.342 e. The fourth-order valence-electron chi connectivity index (χ4n) is 3.20. The summed E-state index contributed by atoms with van der Waals surface area (Å²) in [6, 6.07) is -0.00697. The number of carboxylic acids is 1. The van der Waals surface area contributed by atoms with E-state index in [1.54, 1.807) is 0 Å². The van der Waals surface area contributed by atoms with Gasteiger partial charge in [-0.1, -0.05) is 0 Å². The molecule has 17 heavy (non-hydrogen) atoms. The molecule has 3 atom stereocenters. The lowest BCUT2D eigenvalue weighted by Gasteiger charge is -2.41. The predicted octanol–water partition coefficient (Wildman–Crippen LogP) is 0.492. The third-order valence-corrected chi connectivity index (χ3v) is 6.11. The highest BCUT2D eigenvalue weighted by atomic mass is 31.2. The summed E-state index contributed by atoms with van der Waals surface area (Å²) in [6.07, 6.45) is 1.74. The lowest BCUT2D eigenvalue weighted by Crippen LogP contribution is -2.49. The summed E-state index contributed by atoms with van der Waals surface area (Å²) in [7, 11) is -2.74. The highest BCUT2D eigenvalue weighted by Gasteiger charge is 2.59. The van der Waals surface area contributed by atoms with E-state index in [9.17, 15) is 24.3 Å². The lowest BCUT2D eigenvalue weighted by atomic mass is 9.78. The van der Waals surface area contributed by atoms with E-state index in [1.165, 1.54) is 0 Å². The van der Waals surface area contributed by atoms with Crippen LogP contribution in [-0.4, -0.2) is 50.6 Å². The minimum absolute atomic E-state index is 0.00697. The summed E-state index contributed by atoms with van der Waals surface area (Å²) in [5, 5.41) is 7.35. The second-order valence-corrected chi connectivity index (χ2v) is 7.16. The second-order valence-electron chi connectivity index (χ2n) is 5.22. The van der Waals surface area contributed by atoms with Crippen LogP contribution in [0.15, 0.2) is 0 Å². The molecule has 2 aliphatic rings. The van der Waals surface area contributed by atoms with Crippen LogP contribution in [-0.2, 0) is 9.36 Å². The highest BCUT2D eigenvalue weighted by Crippen LogP contribution is 2.59. The molecule has 1 saturated heterocycles. The number of nitrogens with zero attached hydrogens (tertiary/aromatic N) is 1. The first kappa shape index (κ1) is 13.0. The molecule has 0 radical (unpaired) electrons. The zero-order chi connectivity index (χ0) is 12.8. The van der Waals surface area contributed by atoms with Gasteiger partial charge in [-0.05, 0) is 45.2 Å². The molecular formula is C10H18NO5P. The van der Waals surface area contributed by atoms with Gasteiger partial charge in [0, 0.05) is 6.04 Å². The Balaban J connectivity index is 2.32. The maximum absolute atomic E-state index is 11.5. The normalized spacial score (nSPS) is 39.0. The summed E-state index contributed by atoms with van der Waals surface area (Å²) in [5.74, 6) is -0.969. The summed E-state index contributed by atoms with van der Waals surface area (Å²) >= 11 is 0. The molecule has 3 unspecified atom stereocenters. The van der Waals surface area contributed by atoms with Crippen LogP contribution < -0.4 is 0 Å². The van der Waals surface area contributed by atoms with Gasteiger partial charge in [0.05, 0.1) is 0 Å². The highest BCUT2D eigenvalue weighted by molar-refractivity contribution is 7.54. The van der Waals surface area contributed by atoms with Crippen molar-refractivity contribution in [2.24, 2.45) is 5.92 Å². The standard InChI is InChI=1S/C10H18NO5P/c1-11-5-3-7-2-4-10(9(12)13,6-8(7)11)17(14,15)16/h7-8H,2-6H2,1H3,(H,12,13)(H2,14,15,16). The van der Waals surface area contributed by atoms with E-state index in [1.807, 2.05) is 11.9 Å². The van der Waals surface area contributed by atoms with Crippen molar-refractivity contribution in [3.05, 3.63) is 0 Å². The average molecular weight is 263 g/mol. The van der Waals surface area contributed by atoms with Gasteiger partial charge in [-0.3, -0.25) is 9.36 Å². The molecule has 98 valence electrons. The molecule has 1 aliphatic heterocycles. The lowest BCUT2D eigenvalue weighted by molar-refractivity contribution is -0.142. The van der Waals surface area contributed by atoms with Crippen LogP contribution in [0, 0.1) is 5.92 Å². The second kappa shape index (κ2) is 4.05. The number of carbonyl (C=O) groups is 1. The van der Waals surface area contributed by atoms with Crippen molar-refractivity contribution in [2.45, 2.75) is 36.9 Å². The largest absolute Gasteiger partial charge is 0.480 e. The third-order valence-electron chi connectivity index (χ3n) is 4.39. The Kier molecular flexibility index (Phi) is 3.11. The quantitative estimate of drug-likeness (QED) is 0.627. The van der Waals surface area contributed by atoms with Crippen LogP contribution in [0.25, 0.3) is 0 Å². The number of aliphatic carboxylic acids is 1. The predicted molar refractivity (Wildman–Crippen MR) is 60.8 cm³/mol. The van der Waals surface area contributed by atoms with Crippen LogP contribution in [0.4, 0.5) is 0 Å². The molecule has 0 bridgehead atoms. The first-order valence-electron chi connectivity index (χ1n) is 5.77. The number of hydrogen-bond acceptors (Lipinski definition) is 3. The Hall–Kier alpha value is -0.420. The van der Waals surface area contributed by atoms with Gasteiger partial charge in [0.1, 0.15) is 0 Å². The van der Waals surface area contributed by atoms with Crippen molar-refractivity contribution >= 4 is 13.6 Å². The van der Waals surface area contributed by atoms with E-state index in [4.69, 9.17) is 0 Å². The monoisotopic (exact) mass is 263 g/mol. The van der Waals surface area contributed by atoms with Crippen molar-refractivity contribution in [3.8, 4) is 0 Å². The van der Waals surface area contributed by atoms with Crippen molar-refractivity contribution < 1.29 is 24.3 Å². The molecule has 1 heterocycles. The molecule has 1 saturated carbocycles. The topological polar surface area (TPSA) is 98.1 Å². The molecule has 0 aromatic rings. The molecule has 2 fully saturated rings. The van der Waals surface area contributed by atoms with Gasteiger partial charge in [-0.15, -0.1) is 0 Å². The van der Waals surface area contributed by atoms with Crippen LogP contribution in [0.3, 0.4) is 0 Å². The van der Waals surface area contributed by atoms with Gasteiger partial charge in [0.15, 0.2) is 5.16 Å². The zero-order valence-corrected chi connectivity index (χ0v) is 10.6. The van der Waals surface area contributed by atoms with E-state index in [0.717, 1.165) is 13.0 Å². The Morgan fingerprint density at radius 1 is 1.41 bits per heavy atom. The van der Waals surface area contributed by atoms with E-state index in [-0.39, 0.29) is 18.9 Å². The van der Waals surface area contributed by atoms with Gasteiger partial charge in [0.2, 0.25) is 0 Å². The molecule has 0 spiro atoms.